The van der Waals surface area contributed by atoms with Crippen LogP contribution in [0.5, 0.6) is 5.75 Å². The number of nitrogens with zero attached hydrogens (tertiary/aromatic N) is 3. The maximum absolute atomic E-state index is 5.86. The van der Waals surface area contributed by atoms with E-state index in [0.717, 1.165) is 26.9 Å². The molecular formula is C20H17N3O2S2. The highest BCUT2D eigenvalue weighted by Gasteiger charge is 2.18. The van der Waals surface area contributed by atoms with Gasteiger partial charge in [0.25, 0.3) is 0 Å². The standard InChI is InChI=1S/C20H17N3O2S2/c1-13(27-20-21-17(12-26-20)14-6-4-3-5-7-14)18-22-23-19(25-18)15-8-10-16(24-2)11-9-15/h3-13H,1-2H3/t13-/m1/s1. The van der Waals surface area contributed by atoms with Crippen LogP contribution in [-0.4, -0.2) is 22.3 Å². The molecule has 0 aliphatic rings. The van der Waals surface area contributed by atoms with Gasteiger partial charge < -0.3 is 9.15 Å². The summed E-state index contributed by atoms with van der Waals surface area (Å²) in [4.78, 5) is 4.71. The molecule has 0 fully saturated rings. The number of aromatic nitrogens is 3. The molecule has 0 aliphatic heterocycles. The quantitative estimate of drug-likeness (QED) is 0.389. The van der Waals surface area contributed by atoms with E-state index in [-0.39, 0.29) is 5.25 Å². The normalized spacial score (nSPS) is 12.1. The van der Waals surface area contributed by atoms with Gasteiger partial charge in [-0.3, -0.25) is 0 Å². The van der Waals surface area contributed by atoms with Gasteiger partial charge in [0.15, 0.2) is 4.34 Å². The molecule has 0 N–H and O–H groups in total. The van der Waals surface area contributed by atoms with Crippen LogP contribution in [0.1, 0.15) is 18.1 Å². The van der Waals surface area contributed by atoms with Crippen LogP contribution in [-0.2, 0) is 0 Å². The fourth-order valence-electron chi connectivity index (χ4n) is 2.50. The number of ether oxygens (including phenoxy) is 1. The summed E-state index contributed by atoms with van der Waals surface area (Å²) in [5.74, 6) is 1.88. The maximum atomic E-state index is 5.86. The van der Waals surface area contributed by atoms with Crippen molar-refractivity contribution in [1.29, 1.82) is 0 Å². The summed E-state index contributed by atoms with van der Waals surface area (Å²) in [6.45, 7) is 2.04. The van der Waals surface area contributed by atoms with Gasteiger partial charge in [0.05, 0.1) is 18.1 Å². The largest absolute Gasteiger partial charge is 0.497 e. The first kappa shape index (κ1) is 17.8. The lowest BCUT2D eigenvalue weighted by Crippen LogP contribution is -1.88. The fourth-order valence-corrected chi connectivity index (χ4v) is 4.51. The Balaban J connectivity index is 1.46. The SMILES string of the molecule is COc1ccc(-c2nnc([C@@H](C)Sc3nc(-c4ccccc4)cs3)o2)cc1. The minimum Gasteiger partial charge on any atom is -0.497 e. The Hall–Kier alpha value is -2.64. The smallest absolute Gasteiger partial charge is 0.247 e. The Bertz CT molecular complexity index is 1010. The van der Waals surface area contributed by atoms with Crippen LogP contribution in [0.4, 0.5) is 0 Å². The Morgan fingerprint density at radius 2 is 1.78 bits per heavy atom. The molecule has 5 nitrogen and oxygen atoms in total. The number of hydrogen-bond donors (Lipinski definition) is 0. The predicted octanol–water partition coefficient (Wildman–Crippen LogP) is 5.72. The molecule has 0 amide bonds. The second kappa shape index (κ2) is 7.94. The molecule has 1 atom stereocenters. The highest BCUT2D eigenvalue weighted by Crippen LogP contribution is 2.38. The fraction of sp³-hybridized carbons (Fsp3) is 0.150. The van der Waals surface area contributed by atoms with E-state index in [1.807, 2.05) is 49.4 Å². The zero-order chi connectivity index (χ0) is 18.6. The summed E-state index contributed by atoms with van der Waals surface area (Å²) in [5, 5.41) is 10.5. The molecule has 0 unspecified atom stereocenters. The zero-order valence-corrected chi connectivity index (χ0v) is 16.5. The van der Waals surface area contributed by atoms with E-state index in [4.69, 9.17) is 14.1 Å². The van der Waals surface area contributed by atoms with E-state index in [2.05, 4.69) is 27.7 Å². The Kier molecular flexibility index (Phi) is 5.22. The van der Waals surface area contributed by atoms with Crippen molar-refractivity contribution in [2.75, 3.05) is 7.11 Å². The Labute approximate surface area is 165 Å². The van der Waals surface area contributed by atoms with Crippen LogP contribution < -0.4 is 4.74 Å². The van der Waals surface area contributed by atoms with Crippen molar-refractivity contribution in [1.82, 2.24) is 15.2 Å². The van der Waals surface area contributed by atoms with E-state index in [9.17, 15) is 0 Å². The van der Waals surface area contributed by atoms with Gasteiger partial charge in [-0.15, -0.1) is 21.5 Å². The maximum Gasteiger partial charge on any atom is 0.247 e. The molecule has 27 heavy (non-hydrogen) atoms. The molecule has 2 aromatic heterocycles. The van der Waals surface area contributed by atoms with Gasteiger partial charge in [-0.25, -0.2) is 4.98 Å². The summed E-state index contributed by atoms with van der Waals surface area (Å²) >= 11 is 3.24. The van der Waals surface area contributed by atoms with Crippen LogP contribution >= 0.6 is 23.1 Å². The van der Waals surface area contributed by atoms with Crippen molar-refractivity contribution in [3.63, 3.8) is 0 Å². The summed E-state index contributed by atoms with van der Waals surface area (Å²) < 4.78 is 12.0. The van der Waals surface area contributed by atoms with Gasteiger partial charge in [0, 0.05) is 16.5 Å². The molecule has 0 bridgehead atoms. The third kappa shape index (κ3) is 4.04. The van der Waals surface area contributed by atoms with Gasteiger partial charge in [-0.05, 0) is 31.2 Å². The molecule has 0 saturated heterocycles. The van der Waals surface area contributed by atoms with Crippen molar-refractivity contribution in [3.05, 3.63) is 65.9 Å². The number of thiazole rings is 1. The van der Waals surface area contributed by atoms with Crippen LogP contribution in [0.3, 0.4) is 0 Å². The van der Waals surface area contributed by atoms with E-state index in [0.29, 0.717) is 11.8 Å². The van der Waals surface area contributed by atoms with Gasteiger partial charge in [0.2, 0.25) is 11.8 Å². The van der Waals surface area contributed by atoms with Gasteiger partial charge >= 0.3 is 0 Å². The number of thioether (sulfide) groups is 1. The molecule has 2 heterocycles. The number of methoxy groups -OCH3 is 1. The molecular weight excluding hydrogens is 378 g/mol. The van der Waals surface area contributed by atoms with Crippen molar-refractivity contribution in [3.8, 4) is 28.5 Å². The molecule has 4 aromatic rings. The lowest BCUT2D eigenvalue weighted by Gasteiger charge is -2.03. The van der Waals surface area contributed by atoms with Crippen molar-refractivity contribution >= 4 is 23.1 Å². The Morgan fingerprint density at radius 3 is 2.52 bits per heavy atom. The van der Waals surface area contributed by atoms with E-state index in [1.54, 1.807) is 30.2 Å². The van der Waals surface area contributed by atoms with Crippen molar-refractivity contribution in [2.24, 2.45) is 0 Å². The number of hydrogen-bond acceptors (Lipinski definition) is 7. The minimum atomic E-state index is 0.0132. The molecule has 0 aliphatic carbocycles. The second-order valence-electron chi connectivity index (χ2n) is 5.80. The number of benzene rings is 2. The van der Waals surface area contributed by atoms with Crippen LogP contribution in [0, 0.1) is 0 Å². The lowest BCUT2D eigenvalue weighted by atomic mass is 10.2. The summed E-state index contributed by atoms with van der Waals surface area (Å²) in [5.41, 5.74) is 2.97. The first-order valence-electron chi connectivity index (χ1n) is 8.38. The number of rotatable bonds is 6. The van der Waals surface area contributed by atoms with Crippen LogP contribution in [0.15, 0.2) is 68.7 Å². The van der Waals surface area contributed by atoms with Crippen LogP contribution in [0.25, 0.3) is 22.7 Å². The zero-order valence-electron chi connectivity index (χ0n) is 14.8. The summed E-state index contributed by atoms with van der Waals surface area (Å²) in [7, 11) is 1.64. The average molecular weight is 396 g/mol. The third-order valence-electron chi connectivity index (χ3n) is 3.96. The summed E-state index contributed by atoms with van der Waals surface area (Å²) in [6, 6.07) is 17.7. The molecule has 0 spiro atoms. The topological polar surface area (TPSA) is 61.0 Å². The van der Waals surface area contributed by atoms with Crippen LogP contribution in [0.2, 0.25) is 0 Å². The predicted molar refractivity (Wildman–Crippen MR) is 108 cm³/mol. The van der Waals surface area contributed by atoms with Crippen molar-refractivity contribution < 1.29 is 9.15 Å². The molecule has 136 valence electrons. The minimum absolute atomic E-state index is 0.0132. The highest BCUT2D eigenvalue weighted by atomic mass is 32.2. The van der Waals surface area contributed by atoms with Gasteiger partial charge in [-0.1, -0.05) is 42.1 Å². The van der Waals surface area contributed by atoms with Gasteiger partial charge in [0.1, 0.15) is 5.75 Å². The lowest BCUT2D eigenvalue weighted by molar-refractivity contribution is 0.415. The Morgan fingerprint density at radius 1 is 1.00 bits per heavy atom. The third-order valence-corrected chi connectivity index (χ3v) is 6.02. The van der Waals surface area contributed by atoms with E-state index in [1.165, 1.54) is 0 Å². The first-order valence-corrected chi connectivity index (χ1v) is 10.1. The molecule has 7 heteroatoms. The van der Waals surface area contributed by atoms with E-state index >= 15 is 0 Å². The molecule has 0 saturated carbocycles. The summed E-state index contributed by atoms with van der Waals surface area (Å²) in [6.07, 6.45) is 0. The van der Waals surface area contributed by atoms with Gasteiger partial charge in [-0.2, -0.15) is 0 Å². The molecule has 0 radical (unpaired) electrons. The second-order valence-corrected chi connectivity index (χ2v) is 8.24. The van der Waals surface area contributed by atoms with E-state index < -0.39 is 0 Å². The van der Waals surface area contributed by atoms with Crippen molar-refractivity contribution in [2.45, 2.75) is 16.5 Å². The monoisotopic (exact) mass is 395 g/mol. The molecule has 2 aromatic carbocycles. The molecule has 4 rings (SSSR count). The average Bonchev–Trinajstić information content (AvgIpc) is 3.39. The first-order chi connectivity index (χ1) is 13.2. The highest BCUT2D eigenvalue weighted by molar-refractivity contribution is 8.01.